The highest BCUT2D eigenvalue weighted by Gasteiger charge is 2.25. The van der Waals surface area contributed by atoms with Crippen LogP contribution in [-0.4, -0.2) is 54.7 Å². The first-order valence-corrected chi connectivity index (χ1v) is 8.41. The van der Waals surface area contributed by atoms with Crippen molar-refractivity contribution in [3.63, 3.8) is 0 Å². The van der Waals surface area contributed by atoms with Crippen molar-refractivity contribution < 1.29 is 9.53 Å². The predicted molar refractivity (Wildman–Crippen MR) is 104 cm³/mol. The monoisotopic (exact) mass is 361 g/mol. The molecule has 1 heterocycles. The molecular weight excluding hydrogens is 334 g/mol. The van der Waals surface area contributed by atoms with Gasteiger partial charge in [-0.15, -0.1) is 0 Å². The third-order valence-electron chi connectivity index (χ3n) is 3.63. The molecule has 0 saturated carbocycles. The summed E-state index contributed by atoms with van der Waals surface area (Å²) >= 11 is 0. The topological polar surface area (TPSA) is 136 Å². The van der Waals surface area contributed by atoms with Crippen LogP contribution in [0.3, 0.4) is 0 Å². The lowest BCUT2D eigenvalue weighted by Crippen LogP contribution is -2.50. The summed E-state index contributed by atoms with van der Waals surface area (Å²) in [4.78, 5) is 23.8. The van der Waals surface area contributed by atoms with Crippen LogP contribution in [0.15, 0.2) is 34.3 Å². The molecule has 6 N–H and O–H groups in total. The number of hydrogen-bond acceptors (Lipinski definition) is 4. The number of ether oxygens (including phenoxy) is 1. The molecule has 26 heavy (non-hydrogen) atoms. The van der Waals surface area contributed by atoms with Gasteiger partial charge in [0, 0.05) is 31.9 Å². The summed E-state index contributed by atoms with van der Waals surface area (Å²) in [6.45, 7) is 8.30. The summed E-state index contributed by atoms with van der Waals surface area (Å²) in [7, 11) is 0. The van der Waals surface area contributed by atoms with Gasteiger partial charge in [0.25, 0.3) is 0 Å². The quantitative estimate of drug-likeness (QED) is 0.530. The first-order chi connectivity index (χ1) is 12.1. The van der Waals surface area contributed by atoms with Crippen molar-refractivity contribution in [2.75, 3.05) is 31.1 Å². The van der Waals surface area contributed by atoms with Crippen molar-refractivity contribution in [2.45, 2.75) is 26.4 Å². The Morgan fingerprint density at radius 3 is 2.12 bits per heavy atom. The van der Waals surface area contributed by atoms with Gasteiger partial charge in [0.15, 0.2) is 5.96 Å². The third kappa shape index (κ3) is 5.83. The second-order valence-electron chi connectivity index (χ2n) is 6.98. The maximum absolute atomic E-state index is 12.1. The second-order valence-corrected chi connectivity index (χ2v) is 6.98. The fourth-order valence-corrected chi connectivity index (χ4v) is 2.50. The highest BCUT2D eigenvalue weighted by molar-refractivity contribution is 5.93. The number of rotatable bonds is 2. The van der Waals surface area contributed by atoms with Crippen molar-refractivity contribution in [1.82, 2.24) is 4.90 Å². The van der Waals surface area contributed by atoms with Crippen LogP contribution in [0.4, 0.5) is 16.2 Å². The van der Waals surface area contributed by atoms with E-state index in [2.05, 4.69) is 14.9 Å². The summed E-state index contributed by atoms with van der Waals surface area (Å²) in [6, 6.07) is 7.57. The van der Waals surface area contributed by atoms with E-state index >= 15 is 0 Å². The smallest absolute Gasteiger partial charge is 0.410 e. The van der Waals surface area contributed by atoms with Crippen molar-refractivity contribution in [3.05, 3.63) is 24.3 Å². The molecule has 0 radical (unpaired) electrons. The number of nitrogens with two attached hydrogens (primary N) is 3. The van der Waals surface area contributed by atoms with Crippen LogP contribution in [0.25, 0.3) is 0 Å². The summed E-state index contributed by atoms with van der Waals surface area (Å²) < 4.78 is 5.41. The van der Waals surface area contributed by atoms with Gasteiger partial charge in [-0.05, 0) is 45.0 Å². The molecule has 2 rings (SSSR count). The maximum atomic E-state index is 12.1. The zero-order valence-electron chi connectivity index (χ0n) is 15.5. The molecule has 1 aromatic rings. The maximum Gasteiger partial charge on any atom is 0.410 e. The molecule has 1 aliphatic heterocycles. The van der Waals surface area contributed by atoms with E-state index in [1.807, 2.05) is 45.0 Å². The minimum atomic E-state index is -0.481. The van der Waals surface area contributed by atoms with Gasteiger partial charge < -0.3 is 31.7 Å². The molecule has 9 nitrogen and oxygen atoms in total. The fourth-order valence-electron chi connectivity index (χ4n) is 2.50. The van der Waals surface area contributed by atoms with E-state index in [4.69, 9.17) is 21.9 Å². The molecule has 142 valence electrons. The van der Waals surface area contributed by atoms with Gasteiger partial charge in [-0.2, -0.15) is 4.99 Å². The Morgan fingerprint density at radius 1 is 1.04 bits per heavy atom. The number of benzene rings is 1. The van der Waals surface area contributed by atoms with Crippen molar-refractivity contribution >= 4 is 29.4 Å². The van der Waals surface area contributed by atoms with E-state index in [1.165, 1.54) is 0 Å². The number of nitrogens with zero attached hydrogens (tertiary/aromatic N) is 4. The van der Waals surface area contributed by atoms with E-state index < -0.39 is 5.60 Å². The summed E-state index contributed by atoms with van der Waals surface area (Å²) in [5.74, 6) is -0.130. The van der Waals surface area contributed by atoms with E-state index in [0.29, 0.717) is 18.8 Å². The number of anilines is 1. The summed E-state index contributed by atoms with van der Waals surface area (Å²) in [6.07, 6.45) is -0.267. The van der Waals surface area contributed by atoms with E-state index in [0.717, 1.165) is 18.8 Å². The zero-order valence-corrected chi connectivity index (χ0v) is 15.5. The Hall–Kier alpha value is -2.97. The zero-order chi connectivity index (χ0) is 19.3. The Bertz CT molecular complexity index is 680. The van der Waals surface area contributed by atoms with Gasteiger partial charge in [0.1, 0.15) is 5.60 Å². The SMILES string of the molecule is CC(C)(C)OC(=O)N1CCN(c2ccc(N=C(N)N=C(N)N)cc2)CC1. The molecule has 1 amide bonds. The van der Waals surface area contributed by atoms with Crippen LogP contribution < -0.4 is 22.1 Å². The molecule has 1 saturated heterocycles. The van der Waals surface area contributed by atoms with Crippen LogP contribution in [0, 0.1) is 0 Å². The molecule has 0 atom stereocenters. The van der Waals surface area contributed by atoms with Gasteiger partial charge in [0.05, 0.1) is 5.69 Å². The van der Waals surface area contributed by atoms with Crippen LogP contribution in [-0.2, 0) is 4.74 Å². The molecule has 1 fully saturated rings. The molecule has 0 bridgehead atoms. The number of aliphatic imine (C=N–C) groups is 2. The van der Waals surface area contributed by atoms with E-state index in [9.17, 15) is 4.79 Å². The number of carbonyl (C=O) groups excluding carboxylic acids is 1. The third-order valence-corrected chi connectivity index (χ3v) is 3.63. The van der Waals surface area contributed by atoms with Gasteiger partial charge in [-0.1, -0.05) is 0 Å². The largest absolute Gasteiger partial charge is 0.444 e. The van der Waals surface area contributed by atoms with Crippen molar-refractivity contribution in [3.8, 4) is 0 Å². The Morgan fingerprint density at radius 2 is 1.62 bits per heavy atom. The predicted octanol–water partition coefficient (Wildman–Crippen LogP) is 0.963. The molecule has 0 aliphatic carbocycles. The van der Waals surface area contributed by atoms with Crippen LogP contribution in [0.1, 0.15) is 20.8 Å². The minimum absolute atomic E-state index is 0.00345. The number of hydrogen-bond donors (Lipinski definition) is 3. The lowest BCUT2D eigenvalue weighted by atomic mass is 10.2. The second kappa shape index (κ2) is 7.94. The first kappa shape index (κ1) is 19.4. The lowest BCUT2D eigenvalue weighted by molar-refractivity contribution is 0.0240. The number of amides is 1. The van der Waals surface area contributed by atoms with E-state index in [-0.39, 0.29) is 18.0 Å². The molecule has 0 aromatic heterocycles. The van der Waals surface area contributed by atoms with Gasteiger partial charge in [-0.25, -0.2) is 9.79 Å². The highest BCUT2D eigenvalue weighted by Crippen LogP contribution is 2.21. The Balaban J connectivity index is 1.94. The molecule has 0 unspecified atom stereocenters. The normalized spacial score (nSPS) is 15.6. The number of piperazine rings is 1. The standard InChI is InChI=1S/C17H27N7O2/c1-17(2,3)26-16(25)24-10-8-23(9-11-24)13-6-4-12(5-7-13)21-15(20)22-14(18)19/h4-7H,8-11H2,1-3H3,(H6,18,19,20,21,22). The van der Waals surface area contributed by atoms with E-state index in [1.54, 1.807) is 4.90 Å². The van der Waals surface area contributed by atoms with Crippen LogP contribution in [0.2, 0.25) is 0 Å². The van der Waals surface area contributed by atoms with Crippen molar-refractivity contribution in [2.24, 2.45) is 27.2 Å². The first-order valence-electron chi connectivity index (χ1n) is 8.41. The van der Waals surface area contributed by atoms with Gasteiger partial charge in [-0.3, -0.25) is 0 Å². The highest BCUT2D eigenvalue weighted by atomic mass is 16.6. The molecule has 9 heteroatoms. The van der Waals surface area contributed by atoms with Crippen LogP contribution >= 0.6 is 0 Å². The van der Waals surface area contributed by atoms with Gasteiger partial charge in [0.2, 0.25) is 5.96 Å². The average Bonchev–Trinajstić information content (AvgIpc) is 2.53. The Labute approximate surface area is 153 Å². The van der Waals surface area contributed by atoms with Crippen LogP contribution in [0.5, 0.6) is 0 Å². The fraction of sp³-hybridized carbons (Fsp3) is 0.471. The summed E-state index contributed by atoms with van der Waals surface area (Å²) in [5.41, 5.74) is 17.4. The summed E-state index contributed by atoms with van der Waals surface area (Å²) in [5, 5.41) is 0. The molecule has 1 aromatic carbocycles. The molecular formula is C17H27N7O2. The molecule has 1 aliphatic rings. The number of carbonyl (C=O) groups is 1. The minimum Gasteiger partial charge on any atom is -0.444 e. The van der Waals surface area contributed by atoms with Crippen molar-refractivity contribution in [1.29, 1.82) is 0 Å². The molecule has 0 spiro atoms. The lowest BCUT2D eigenvalue weighted by Gasteiger charge is -2.36. The Kier molecular flexibility index (Phi) is 5.91. The van der Waals surface area contributed by atoms with Gasteiger partial charge >= 0.3 is 6.09 Å². The average molecular weight is 361 g/mol. The number of guanidine groups is 2.